The highest BCUT2D eigenvalue weighted by Gasteiger charge is 2.44. The van der Waals surface area contributed by atoms with Crippen molar-refractivity contribution in [1.29, 1.82) is 0 Å². The molecule has 2 aliphatic heterocycles. The van der Waals surface area contributed by atoms with Crippen LogP contribution in [0.15, 0.2) is 18.5 Å². The zero-order chi connectivity index (χ0) is 17.9. The molecule has 7 heteroatoms. The van der Waals surface area contributed by atoms with Crippen molar-refractivity contribution >= 4 is 11.9 Å². The van der Waals surface area contributed by atoms with Crippen LogP contribution in [0.2, 0.25) is 0 Å². The van der Waals surface area contributed by atoms with Crippen LogP contribution in [-0.4, -0.2) is 84.7 Å². The number of amides is 1. The first-order valence-electron chi connectivity index (χ1n) is 9.79. The van der Waals surface area contributed by atoms with Crippen LogP contribution in [0.1, 0.15) is 19.3 Å². The molecule has 4 rings (SSSR count). The van der Waals surface area contributed by atoms with E-state index in [0.717, 1.165) is 45.2 Å². The zero-order valence-corrected chi connectivity index (χ0v) is 15.6. The van der Waals surface area contributed by atoms with Gasteiger partial charge in [0.2, 0.25) is 11.9 Å². The predicted octanol–water partition coefficient (Wildman–Crippen LogP) is 0.872. The fourth-order valence-electron chi connectivity index (χ4n) is 5.02. The van der Waals surface area contributed by atoms with Crippen LogP contribution in [0, 0.1) is 11.8 Å². The summed E-state index contributed by atoms with van der Waals surface area (Å²) in [6.07, 6.45) is 7.42. The molecule has 1 saturated carbocycles. The molecule has 1 aliphatic carbocycles. The minimum Gasteiger partial charge on any atom is -0.375 e. The van der Waals surface area contributed by atoms with Crippen molar-refractivity contribution in [3.63, 3.8) is 0 Å². The maximum atomic E-state index is 12.2. The Labute approximate surface area is 155 Å². The Kier molecular flexibility index (Phi) is 5.36. The molecular weight excluding hydrogens is 330 g/mol. The van der Waals surface area contributed by atoms with E-state index >= 15 is 0 Å². The van der Waals surface area contributed by atoms with E-state index in [2.05, 4.69) is 19.8 Å². The lowest BCUT2D eigenvalue weighted by atomic mass is 9.77. The molecule has 0 radical (unpaired) electrons. The van der Waals surface area contributed by atoms with Gasteiger partial charge in [-0.05, 0) is 30.7 Å². The SMILES string of the molecule is COCC(=O)N1C[C@@H]2CCCC(N3CCN(c4ncccn4)CC3)[C@@H]2C1. The lowest BCUT2D eigenvalue weighted by Gasteiger charge is -2.44. The number of ether oxygens (including phenoxy) is 1. The van der Waals surface area contributed by atoms with Gasteiger partial charge in [-0.15, -0.1) is 0 Å². The molecule has 2 saturated heterocycles. The van der Waals surface area contributed by atoms with E-state index in [1.807, 2.05) is 23.4 Å². The van der Waals surface area contributed by atoms with Crippen molar-refractivity contribution in [2.75, 3.05) is 57.9 Å². The van der Waals surface area contributed by atoms with Gasteiger partial charge in [-0.1, -0.05) is 6.42 Å². The summed E-state index contributed by atoms with van der Waals surface area (Å²) in [5, 5.41) is 0. The summed E-state index contributed by atoms with van der Waals surface area (Å²) in [5.74, 6) is 2.26. The second kappa shape index (κ2) is 7.88. The van der Waals surface area contributed by atoms with E-state index in [9.17, 15) is 4.79 Å². The fourth-order valence-corrected chi connectivity index (χ4v) is 5.02. The fraction of sp³-hybridized carbons (Fsp3) is 0.737. The first-order chi connectivity index (χ1) is 12.8. The van der Waals surface area contributed by atoms with Gasteiger partial charge < -0.3 is 14.5 Å². The van der Waals surface area contributed by atoms with Crippen LogP contribution in [0.25, 0.3) is 0 Å². The number of nitrogens with zero attached hydrogens (tertiary/aromatic N) is 5. The third-order valence-corrected chi connectivity index (χ3v) is 6.30. The number of rotatable bonds is 4. The third-order valence-electron chi connectivity index (χ3n) is 6.30. The lowest BCUT2D eigenvalue weighted by molar-refractivity contribution is -0.134. The molecule has 1 aromatic rings. The number of piperazine rings is 1. The van der Waals surface area contributed by atoms with E-state index in [1.54, 1.807) is 7.11 Å². The van der Waals surface area contributed by atoms with Gasteiger partial charge in [-0.2, -0.15) is 0 Å². The lowest BCUT2D eigenvalue weighted by Crippen LogP contribution is -2.54. The van der Waals surface area contributed by atoms with Gasteiger partial charge in [-0.3, -0.25) is 9.69 Å². The zero-order valence-electron chi connectivity index (χ0n) is 15.6. The molecule has 1 aromatic heterocycles. The Morgan fingerprint density at radius 1 is 1.15 bits per heavy atom. The molecule has 0 aromatic carbocycles. The van der Waals surface area contributed by atoms with Crippen LogP contribution in [0.5, 0.6) is 0 Å². The molecule has 0 N–H and O–H groups in total. The Bertz CT molecular complexity index is 605. The number of likely N-dealkylation sites (tertiary alicyclic amines) is 1. The van der Waals surface area contributed by atoms with Crippen molar-refractivity contribution in [2.45, 2.75) is 25.3 Å². The summed E-state index contributed by atoms with van der Waals surface area (Å²) in [7, 11) is 1.60. The summed E-state index contributed by atoms with van der Waals surface area (Å²) < 4.78 is 5.05. The minimum absolute atomic E-state index is 0.145. The van der Waals surface area contributed by atoms with Crippen molar-refractivity contribution in [1.82, 2.24) is 19.8 Å². The monoisotopic (exact) mass is 359 g/mol. The van der Waals surface area contributed by atoms with E-state index in [4.69, 9.17) is 4.74 Å². The van der Waals surface area contributed by atoms with Crippen LogP contribution < -0.4 is 4.90 Å². The number of carbonyl (C=O) groups is 1. The van der Waals surface area contributed by atoms with Crippen LogP contribution in [-0.2, 0) is 9.53 Å². The standard InChI is InChI=1S/C19H29N5O2/c1-26-14-18(25)24-12-15-4-2-5-17(16(15)13-24)22-8-10-23(11-9-22)19-20-6-3-7-21-19/h3,6-7,15-17H,2,4-5,8-14H2,1H3/t15-,16+,17?/m0/s1. The average Bonchev–Trinajstić information content (AvgIpc) is 3.14. The molecule has 3 fully saturated rings. The Morgan fingerprint density at radius 3 is 2.65 bits per heavy atom. The van der Waals surface area contributed by atoms with Crippen molar-refractivity contribution in [3.05, 3.63) is 18.5 Å². The quantitative estimate of drug-likeness (QED) is 0.795. The third kappa shape index (κ3) is 3.55. The Balaban J connectivity index is 1.37. The van der Waals surface area contributed by atoms with Crippen molar-refractivity contribution in [3.8, 4) is 0 Å². The van der Waals surface area contributed by atoms with Crippen molar-refractivity contribution < 1.29 is 9.53 Å². The van der Waals surface area contributed by atoms with Gasteiger partial charge in [0.15, 0.2) is 0 Å². The maximum absolute atomic E-state index is 12.2. The number of hydrogen-bond acceptors (Lipinski definition) is 6. The summed E-state index contributed by atoms with van der Waals surface area (Å²) >= 11 is 0. The second-order valence-electron chi connectivity index (χ2n) is 7.73. The summed E-state index contributed by atoms with van der Waals surface area (Å²) in [4.78, 5) is 28.0. The first-order valence-corrected chi connectivity index (χ1v) is 9.79. The number of hydrogen-bond donors (Lipinski definition) is 0. The van der Waals surface area contributed by atoms with E-state index in [1.165, 1.54) is 19.3 Å². The van der Waals surface area contributed by atoms with Crippen LogP contribution in [0.3, 0.4) is 0 Å². The minimum atomic E-state index is 0.145. The molecule has 3 heterocycles. The number of methoxy groups -OCH3 is 1. The summed E-state index contributed by atoms with van der Waals surface area (Å²) in [5.41, 5.74) is 0. The average molecular weight is 359 g/mol. The predicted molar refractivity (Wildman–Crippen MR) is 98.9 cm³/mol. The summed E-state index contributed by atoms with van der Waals surface area (Å²) in [6, 6.07) is 2.46. The van der Waals surface area contributed by atoms with E-state index in [0.29, 0.717) is 17.9 Å². The molecule has 0 spiro atoms. The highest BCUT2D eigenvalue weighted by Crippen LogP contribution is 2.39. The number of fused-ring (bicyclic) bond motifs is 1. The van der Waals surface area contributed by atoms with Crippen LogP contribution in [0.4, 0.5) is 5.95 Å². The molecular formula is C19H29N5O2. The van der Waals surface area contributed by atoms with E-state index in [-0.39, 0.29) is 12.5 Å². The number of anilines is 1. The molecule has 142 valence electrons. The molecule has 26 heavy (non-hydrogen) atoms. The van der Waals surface area contributed by atoms with Crippen molar-refractivity contribution in [2.24, 2.45) is 11.8 Å². The highest BCUT2D eigenvalue weighted by molar-refractivity contribution is 5.77. The molecule has 3 atom stereocenters. The van der Waals surface area contributed by atoms with Gasteiger partial charge in [0.1, 0.15) is 6.61 Å². The van der Waals surface area contributed by atoms with Gasteiger partial charge in [0.05, 0.1) is 0 Å². The van der Waals surface area contributed by atoms with Gasteiger partial charge in [0, 0.05) is 64.8 Å². The first kappa shape index (κ1) is 17.7. The maximum Gasteiger partial charge on any atom is 0.248 e. The Morgan fingerprint density at radius 2 is 1.92 bits per heavy atom. The van der Waals surface area contributed by atoms with Crippen LogP contribution >= 0.6 is 0 Å². The molecule has 7 nitrogen and oxygen atoms in total. The van der Waals surface area contributed by atoms with Gasteiger partial charge in [0.25, 0.3) is 0 Å². The molecule has 3 aliphatic rings. The van der Waals surface area contributed by atoms with Gasteiger partial charge >= 0.3 is 0 Å². The normalized spacial score (nSPS) is 29.7. The topological polar surface area (TPSA) is 61.8 Å². The number of carbonyl (C=O) groups excluding carboxylic acids is 1. The largest absolute Gasteiger partial charge is 0.375 e. The molecule has 1 amide bonds. The summed E-state index contributed by atoms with van der Waals surface area (Å²) in [6.45, 7) is 6.09. The van der Waals surface area contributed by atoms with E-state index < -0.39 is 0 Å². The molecule has 0 bridgehead atoms. The van der Waals surface area contributed by atoms with Gasteiger partial charge in [-0.25, -0.2) is 9.97 Å². The number of aromatic nitrogens is 2. The molecule has 1 unspecified atom stereocenters. The second-order valence-corrected chi connectivity index (χ2v) is 7.73. The smallest absolute Gasteiger partial charge is 0.248 e. The highest BCUT2D eigenvalue weighted by atomic mass is 16.5. The Hall–Kier alpha value is -1.73.